The Morgan fingerprint density at radius 3 is 2.40 bits per heavy atom. The molecule has 0 radical (unpaired) electrons. The Bertz CT molecular complexity index is 2770. The van der Waals surface area contributed by atoms with E-state index in [2.05, 4.69) is 57.0 Å². The molecule has 3 aliphatic rings. The van der Waals surface area contributed by atoms with Crippen molar-refractivity contribution in [1.29, 1.82) is 0 Å². The molecule has 0 bridgehead atoms. The number of benzene rings is 4. The summed E-state index contributed by atoms with van der Waals surface area (Å²) in [5, 5.41) is 7.42. The number of nitrogens with one attached hydrogen (secondary N) is 4. The van der Waals surface area contributed by atoms with E-state index in [1.54, 1.807) is 18.2 Å². The molecule has 6 atom stereocenters. The summed E-state index contributed by atoms with van der Waals surface area (Å²) in [6.45, 7) is 7.11. The van der Waals surface area contributed by atoms with Crippen LogP contribution in [0.25, 0.3) is 44.2 Å². The van der Waals surface area contributed by atoms with Gasteiger partial charge in [0.05, 0.1) is 55.8 Å². The molecule has 9 rings (SSSR count). The van der Waals surface area contributed by atoms with E-state index < -0.39 is 24.3 Å². The number of fused-ring (bicyclic) bond motifs is 6. The van der Waals surface area contributed by atoms with Gasteiger partial charge in [-0.25, -0.2) is 19.6 Å². The number of likely N-dealkylation sites (tertiary alicyclic amines) is 2. The van der Waals surface area contributed by atoms with E-state index in [-0.39, 0.29) is 41.8 Å². The number of H-pyrrole nitrogens is 2. The van der Waals surface area contributed by atoms with E-state index in [4.69, 9.17) is 28.9 Å². The number of methoxy groups -OCH3 is 3. The minimum absolute atomic E-state index is 0.0342. The van der Waals surface area contributed by atoms with Gasteiger partial charge in [-0.1, -0.05) is 62.4 Å². The number of rotatable bonds is 11. The number of nitrogens with zero attached hydrogens (tertiary/aromatic N) is 4. The monoisotopic (exact) mass is 882 g/mol. The van der Waals surface area contributed by atoms with Crippen molar-refractivity contribution in [3.63, 3.8) is 0 Å². The SMILES string of the molecule is COC[C@H]1C[C@@H](c2ncc(-c3ccc4c(c3)COc3cc5c(ccc6[nH]c([C@@H]7CC[C@H](C)N7C(=O)C(NC(=O)OC)C(C)C)nc65)cc3-4)[nH]2)N(C(=O)[C@@H](NC(=O)OC)c2ccccc2)C1. The van der Waals surface area contributed by atoms with Crippen LogP contribution in [0.2, 0.25) is 0 Å². The number of carbonyl (C=O) groups is 4. The Labute approximate surface area is 376 Å². The molecule has 5 heterocycles. The molecule has 2 saturated heterocycles. The number of aromatic amines is 2. The van der Waals surface area contributed by atoms with E-state index in [9.17, 15) is 19.2 Å². The first kappa shape index (κ1) is 43.3. The molecule has 0 spiro atoms. The van der Waals surface area contributed by atoms with Crippen LogP contribution in [0, 0.1) is 11.8 Å². The Kier molecular flexibility index (Phi) is 11.9. The fourth-order valence-electron chi connectivity index (χ4n) is 9.83. The standard InChI is InChI=1S/C49H54N8O8/c1-26(2)41(54-48(60)63-5)47(59)57-27(3)12-17-38(57)45-51-36-16-14-30-20-35-33-15-13-31(19-32(33)25-65-40(35)21-34(30)43(36)53-45)37-22-50-44(52-37)39-18-28(24-62-4)23-56(39)46(58)42(55-49(61)64-6)29-10-8-7-9-11-29/h7-11,13-16,19-22,26-28,38-39,41-42H,12,17-18,23-25H2,1-6H3,(H,50,52)(H,51,53)(H,54,60)(H,55,61)/t27-,28-,38-,39-,41?,42-/m0/s1. The van der Waals surface area contributed by atoms with Gasteiger partial charge in [0.25, 0.3) is 5.91 Å². The summed E-state index contributed by atoms with van der Waals surface area (Å²) in [6, 6.07) is 21.3. The van der Waals surface area contributed by atoms with Gasteiger partial charge in [-0.15, -0.1) is 0 Å². The van der Waals surface area contributed by atoms with Crippen LogP contribution in [0.3, 0.4) is 0 Å². The minimum atomic E-state index is -0.948. The van der Waals surface area contributed by atoms with E-state index in [0.29, 0.717) is 43.4 Å². The van der Waals surface area contributed by atoms with Crippen molar-refractivity contribution in [3.8, 4) is 28.1 Å². The molecule has 2 fully saturated rings. The fourth-order valence-corrected chi connectivity index (χ4v) is 9.83. The first-order chi connectivity index (χ1) is 31.5. The van der Waals surface area contributed by atoms with Gasteiger partial charge >= 0.3 is 12.2 Å². The molecule has 4 aromatic carbocycles. The number of hydrogen-bond donors (Lipinski definition) is 4. The van der Waals surface area contributed by atoms with Gasteiger partial charge in [0, 0.05) is 36.6 Å². The van der Waals surface area contributed by atoms with Crippen LogP contribution in [0.4, 0.5) is 9.59 Å². The van der Waals surface area contributed by atoms with Crippen LogP contribution in [0.1, 0.15) is 80.9 Å². The number of hydrogen-bond acceptors (Lipinski definition) is 10. The topological polar surface area (TPSA) is 193 Å². The van der Waals surface area contributed by atoms with Crippen molar-refractivity contribution < 1.29 is 38.1 Å². The molecule has 6 aromatic rings. The zero-order valence-electron chi connectivity index (χ0n) is 37.3. The second-order valence-corrected chi connectivity index (χ2v) is 17.6. The third kappa shape index (κ3) is 8.22. The van der Waals surface area contributed by atoms with Gasteiger partial charge in [-0.2, -0.15) is 0 Å². The number of ether oxygens (including phenoxy) is 4. The van der Waals surface area contributed by atoms with Gasteiger partial charge in [-0.3, -0.25) is 9.59 Å². The second-order valence-electron chi connectivity index (χ2n) is 17.6. The summed E-state index contributed by atoms with van der Waals surface area (Å²) in [5.41, 5.74) is 7.09. The van der Waals surface area contributed by atoms with Gasteiger partial charge in [0.15, 0.2) is 0 Å². The molecule has 65 heavy (non-hydrogen) atoms. The van der Waals surface area contributed by atoms with Gasteiger partial charge < -0.3 is 49.3 Å². The van der Waals surface area contributed by atoms with Crippen molar-refractivity contribution in [2.45, 2.75) is 76.8 Å². The summed E-state index contributed by atoms with van der Waals surface area (Å²) < 4.78 is 21.7. The zero-order valence-corrected chi connectivity index (χ0v) is 37.3. The average Bonchev–Trinajstić information content (AvgIpc) is 4.15. The van der Waals surface area contributed by atoms with Crippen LogP contribution in [0.5, 0.6) is 5.75 Å². The van der Waals surface area contributed by atoms with Crippen LogP contribution in [-0.2, 0) is 30.4 Å². The van der Waals surface area contributed by atoms with Gasteiger partial charge in [0.2, 0.25) is 5.91 Å². The highest BCUT2D eigenvalue weighted by atomic mass is 16.5. The maximum atomic E-state index is 14.3. The summed E-state index contributed by atoms with van der Waals surface area (Å²) in [5.74, 6) is 1.61. The lowest BCUT2D eigenvalue weighted by Crippen LogP contribution is -2.52. The molecule has 0 aliphatic carbocycles. The molecule has 16 nitrogen and oxygen atoms in total. The maximum absolute atomic E-state index is 14.3. The van der Waals surface area contributed by atoms with Gasteiger partial charge in [-0.05, 0) is 84.0 Å². The van der Waals surface area contributed by atoms with Crippen molar-refractivity contribution in [2.75, 3.05) is 34.5 Å². The Balaban J connectivity index is 0.974. The quantitative estimate of drug-likeness (QED) is 0.100. The highest BCUT2D eigenvalue weighted by Crippen LogP contribution is 2.44. The molecular weight excluding hydrogens is 829 g/mol. The Morgan fingerprint density at radius 2 is 1.65 bits per heavy atom. The van der Waals surface area contributed by atoms with Crippen LogP contribution in [0.15, 0.2) is 79.0 Å². The molecule has 0 saturated carbocycles. The zero-order chi connectivity index (χ0) is 45.5. The highest BCUT2D eigenvalue weighted by Gasteiger charge is 2.43. The molecule has 2 aromatic heterocycles. The molecule has 338 valence electrons. The summed E-state index contributed by atoms with van der Waals surface area (Å²) >= 11 is 0. The lowest BCUT2D eigenvalue weighted by molar-refractivity contribution is -0.137. The number of imidazole rings is 2. The number of amides is 4. The summed E-state index contributed by atoms with van der Waals surface area (Å²) in [6.07, 6.45) is 2.64. The molecular formula is C49H54N8O8. The molecule has 16 heteroatoms. The lowest BCUT2D eigenvalue weighted by atomic mass is 9.92. The number of aromatic nitrogens is 4. The highest BCUT2D eigenvalue weighted by molar-refractivity contribution is 6.07. The Hall–Kier alpha value is -6.94. The molecule has 4 amide bonds. The maximum Gasteiger partial charge on any atom is 0.407 e. The normalized spacial score (nSPS) is 20.0. The first-order valence-electron chi connectivity index (χ1n) is 22.1. The van der Waals surface area contributed by atoms with Crippen LogP contribution >= 0.6 is 0 Å². The van der Waals surface area contributed by atoms with E-state index in [1.807, 2.05) is 62.1 Å². The molecule has 4 N–H and O–H groups in total. The summed E-state index contributed by atoms with van der Waals surface area (Å²) in [4.78, 5) is 73.5. The smallest absolute Gasteiger partial charge is 0.407 e. The van der Waals surface area contributed by atoms with Gasteiger partial charge in [0.1, 0.15) is 36.1 Å². The number of carbonyl (C=O) groups excluding carboxylic acids is 4. The Morgan fingerprint density at radius 1 is 0.862 bits per heavy atom. The van der Waals surface area contributed by atoms with Crippen LogP contribution < -0.4 is 15.4 Å². The average molecular weight is 883 g/mol. The lowest BCUT2D eigenvalue weighted by Gasteiger charge is -2.32. The summed E-state index contributed by atoms with van der Waals surface area (Å²) in [7, 11) is 4.22. The second kappa shape index (κ2) is 17.9. The first-order valence-corrected chi connectivity index (χ1v) is 22.1. The third-order valence-corrected chi connectivity index (χ3v) is 13.1. The van der Waals surface area contributed by atoms with E-state index in [0.717, 1.165) is 68.3 Å². The van der Waals surface area contributed by atoms with Crippen molar-refractivity contribution in [1.82, 2.24) is 40.4 Å². The third-order valence-electron chi connectivity index (χ3n) is 13.1. The largest absolute Gasteiger partial charge is 0.488 e. The van der Waals surface area contributed by atoms with E-state index in [1.165, 1.54) is 14.2 Å². The predicted molar refractivity (Wildman–Crippen MR) is 243 cm³/mol. The predicted octanol–water partition coefficient (Wildman–Crippen LogP) is 7.73. The minimum Gasteiger partial charge on any atom is -0.488 e. The number of alkyl carbamates (subject to hydrolysis) is 2. The molecule has 1 unspecified atom stereocenters. The fraction of sp³-hybridized carbons (Fsp3) is 0.388. The van der Waals surface area contributed by atoms with Crippen molar-refractivity contribution in [3.05, 3.63) is 102 Å². The van der Waals surface area contributed by atoms with Crippen molar-refractivity contribution in [2.24, 2.45) is 11.8 Å². The molecule has 3 aliphatic heterocycles. The van der Waals surface area contributed by atoms with E-state index >= 15 is 0 Å². The van der Waals surface area contributed by atoms with Crippen LogP contribution in [-0.4, -0.2) is 100 Å². The van der Waals surface area contributed by atoms with Crippen molar-refractivity contribution >= 4 is 45.8 Å².